The predicted molar refractivity (Wildman–Crippen MR) is 57.4 cm³/mol. The number of thiazole rings is 1. The smallest absolute Gasteiger partial charge is 0.106 e. The first kappa shape index (κ1) is 10.8. The van der Waals surface area contributed by atoms with Gasteiger partial charge in [-0.15, -0.1) is 11.3 Å². The third-order valence-electron chi connectivity index (χ3n) is 1.59. The highest BCUT2D eigenvalue weighted by molar-refractivity contribution is 7.84. The van der Waals surface area contributed by atoms with Gasteiger partial charge in [0, 0.05) is 47.0 Å². The lowest BCUT2D eigenvalue weighted by Crippen LogP contribution is -2.20. The van der Waals surface area contributed by atoms with Gasteiger partial charge in [0.15, 0.2) is 0 Å². The minimum Gasteiger partial charge on any atom is -0.310 e. The number of nitrogens with zero attached hydrogens (tertiary/aromatic N) is 1. The van der Waals surface area contributed by atoms with Gasteiger partial charge in [0.1, 0.15) is 5.01 Å². The summed E-state index contributed by atoms with van der Waals surface area (Å²) < 4.78 is 11.0. The van der Waals surface area contributed by atoms with Crippen molar-refractivity contribution in [3.63, 3.8) is 0 Å². The second kappa shape index (κ2) is 6.23. The normalized spacial score (nSPS) is 13.0. The van der Waals surface area contributed by atoms with Gasteiger partial charge in [-0.1, -0.05) is 6.92 Å². The van der Waals surface area contributed by atoms with E-state index in [1.807, 2.05) is 12.3 Å². The van der Waals surface area contributed by atoms with Crippen LogP contribution < -0.4 is 5.32 Å². The minimum atomic E-state index is -0.655. The van der Waals surface area contributed by atoms with Gasteiger partial charge in [0.05, 0.1) is 0 Å². The molecule has 0 aliphatic rings. The van der Waals surface area contributed by atoms with Crippen LogP contribution >= 0.6 is 11.3 Å². The second-order valence-corrected chi connectivity index (χ2v) is 5.38. The van der Waals surface area contributed by atoms with Crippen molar-refractivity contribution in [2.24, 2.45) is 0 Å². The van der Waals surface area contributed by atoms with Gasteiger partial charge < -0.3 is 5.32 Å². The molecule has 0 aliphatic carbocycles. The molecule has 0 saturated heterocycles. The van der Waals surface area contributed by atoms with E-state index in [1.54, 1.807) is 17.5 Å². The molecule has 1 heterocycles. The number of rotatable bonds is 6. The summed E-state index contributed by atoms with van der Waals surface area (Å²) in [5.74, 6) is 1.49. The van der Waals surface area contributed by atoms with Gasteiger partial charge in [-0.05, 0) is 0 Å². The van der Waals surface area contributed by atoms with Gasteiger partial charge in [-0.3, -0.25) is 4.21 Å². The topological polar surface area (TPSA) is 42.0 Å². The molecule has 0 amide bonds. The first-order chi connectivity index (χ1) is 6.33. The molecule has 1 atom stereocenters. The van der Waals surface area contributed by atoms with Crippen molar-refractivity contribution in [1.29, 1.82) is 0 Å². The van der Waals surface area contributed by atoms with Crippen molar-refractivity contribution in [3.8, 4) is 0 Å². The largest absolute Gasteiger partial charge is 0.310 e. The molecule has 1 aromatic rings. The maximum atomic E-state index is 11.0. The summed E-state index contributed by atoms with van der Waals surface area (Å²) in [6.45, 7) is 3.54. The Morgan fingerprint density at radius 3 is 3.15 bits per heavy atom. The van der Waals surface area contributed by atoms with E-state index in [9.17, 15) is 4.21 Å². The standard InChI is InChI=1S/C8H14N2OS2/c1-2-13(11)6-4-9-7-8-10-3-5-12-8/h3,5,9H,2,4,6-7H2,1H3. The van der Waals surface area contributed by atoms with Crippen molar-refractivity contribution < 1.29 is 4.21 Å². The molecule has 0 spiro atoms. The summed E-state index contributed by atoms with van der Waals surface area (Å²) in [7, 11) is -0.655. The predicted octanol–water partition coefficient (Wildman–Crippen LogP) is 1.00. The van der Waals surface area contributed by atoms with Crippen molar-refractivity contribution in [2.75, 3.05) is 18.1 Å². The van der Waals surface area contributed by atoms with Crippen molar-refractivity contribution >= 4 is 22.1 Å². The van der Waals surface area contributed by atoms with E-state index in [2.05, 4.69) is 10.3 Å². The van der Waals surface area contributed by atoms with Gasteiger partial charge in [0.2, 0.25) is 0 Å². The lowest BCUT2D eigenvalue weighted by Gasteiger charge is -2.00. The SMILES string of the molecule is CCS(=O)CCNCc1nccs1. The van der Waals surface area contributed by atoms with E-state index in [0.717, 1.165) is 29.6 Å². The molecule has 0 saturated carbocycles. The van der Waals surface area contributed by atoms with Crippen LogP contribution in [0.2, 0.25) is 0 Å². The Morgan fingerprint density at radius 2 is 2.54 bits per heavy atom. The zero-order valence-electron chi connectivity index (χ0n) is 7.66. The summed E-state index contributed by atoms with van der Waals surface area (Å²) in [5.41, 5.74) is 0. The highest BCUT2D eigenvalue weighted by Gasteiger charge is 1.96. The fourth-order valence-electron chi connectivity index (χ4n) is 0.866. The van der Waals surface area contributed by atoms with Crippen molar-refractivity contribution in [2.45, 2.75) is 13.5 Å². The zero-order valence-corrected chi connectivity index (χ0v) is 9.29. The fraction of sp³-hybridized carbons (Fsp3) is 0.625. The molecular weight excluding hydrogens is 204 g/mol. The molecule has 0 aliphatic heterocycles. The van der Waals surface area contributed by atoms with E-state index in [4.69, 9.17) is 0 Å². The van der Waals surface area contributed by atoms with E-state index in [-0.39, 0.29) is 0 Å². The number of hydrogen-bond donors (Lipinski definition) is 1. The van der Waals surface area contributed by atoms with Crippen LogP contribution in [-0.4, -0.2) is 27.2 Å². The first-order valence-electron chi connectivity index (χ1n) is 4.27. The van der Waals surface area contributed by atoms with Crippen molar-refractivity contribution in [3.05, 3.63) is 16.6 Å². The summed E-state index contributed by atoms with van der Waals surface area (Å²) in [6, 6.07) is 0. The molecule has 74 valence electrons. The van der Waals surface area contributed by atoms with Crippen LogP contribution in [0.5, 0.6) is 0 Å². The Hall–Kier alpha value is -0.260. The molecule has 0 bridgehead atoms. The summed E-state index contributed by atoms with van der Waals surface area (Å²) >= 11 is 1.64. The summed E-state index contributed by atoms with van der Waals surface area (Å²) in [6.07, 6.45) is 1.80. The Morgan fingerprint density at radius 1 is 1.69 bits per heavy atom. The molecule has 1 N–H and O–H groups in total. The molecule has 0 radical (unpaired) electrons. The molecule has 1 aromatic heterocycles. The lowest BCUT2D eigenvalue weighted by molar-refractivity contribution is 0.673. The van der Waals surface area contributed by atoms with E-state index in [1.165, 1.54) is 0 Å². The number of aromatic nitrogens is 1. The maximum absolute atomic E-state index is 11.0. The Balaban J connectivity index is 2.05. The van der Waals surface area contributed by atoms with Gasteiger partial charge in [-0.2, -0.15) is 0 Å². The number of nitrogens with one attached hydrogen (secondary N) is 1. The van der Waals surface area contributed by atoms with E-state index < -0.39 is 10.8 Å². The van der Waals surface area contributed by atoms with Gasteiger partial charge in [0.25, 0.3) is 0 Å². The molecule has 13 heavy (non-hydrogen) atoms. The summed E-state index contributed by atoms with van der Waals surface area (Å²) in [5, 5.41) is 6.25. The average molecular weight is 218 g/mol. The molecular formula is C8H14N2OS2. The molecule has 0 aromatic carbocycles. The molecule has 1 rings (SSSR count). The Labute approximate surface area is 85.0 Å². The highest BCUT2D eigenvalue weighted by Crippen LogP contribution is 2.01. The third-order valence-corrected chi connectivity index (χ3v) is 3.67. The quantitative estimate of drug-likeness (QED) is 0.724. The fourth-order valence-corrected chi connectivity index (χ4v) is 2.11. The van der Waals surface area contributed by atoms with Crippen LogP contribution in [0.15, 0.2) is 11.6 Å². The third kappa shape index (κ3) is 4.50. The Bertz CT molecular complexity index is 249. The highest BCUT2D eigenvalue weighted by atomic mass is 32.2. The maximum Gasteiger partial charge on any atom is 0.106 e. The molecule has 3 nitrogen and oxygen atoms in total. The van der Waals surface area contributed by atoms with Crippen LogP contribution in [0.25, 0.3) is 0 Å². The second-order valence-electron chi connectivity index (χ2n) is 2.54. The molecule has 1 unspecified atom stereocenters. The van der Waals surface area contributed by atoms with Gasteiger partial charge in [-0.25, -0.2) is 4.98 Å². The number of hydrogen-bond acceptors (Lipinski definition) is 4. The van der Waals surface area contributed by atoms with Gasteiger partial charge >= 0.3 is 0 Å². The molecule has 5 heteroatoms. The van der Waals surface area contributed by atoms with Crippen LogP contribution in [0.3, 0.4) is 0 Å². The molecule has 0 fully saturated rings. The minimum absolute atomic E-state index is 0.655. The van der Waals surface area contributed by atoms with Crippen LogP contribution in [0.4, 0.5) is 0 Å². The van der Waals surface area contributed by atoms with E-state index >= 15 is 0 Å². The average Bonchev–Trinajstić information content (AvgIpc) is 2.64. The van der Waals surface area contributed by atoms with Crippen LogP contribution in [0, 0.1) is 0 Å². The lowest BCUT2D eigenvalue weighted by atomic mass is 10.6. The monoisotopic (exact) mass is 218 g/mol. The summed E-state index contributed by atoms with van der Waals surface area (Å²) in [4.78, 5) is 4.13. The van der Waals surface area contributed by atoms with Crippen LogP contribution in [-0.2, 0) is 17.3 Å². The van der Waals surface area contributed by atoms with Crippen molar-refractivity contribution in [1.82, 2.24) is 10.3 Å². The van der Waals surface area contributed by atoms with Crippen LogP contribution in [0.1, 0.15) is 11.9 Å². The van der Waals surface area contributed by atoms with E-state index in [0.29, 0.717) is 0 Å². The Kier molecular flexibility index (Phi) is 5.19. The first-order valence-corrected chi connectivity index (χ1v) is 6.63. The zero-order chi connectivity index (χ0) is 9.52.